The number of hydrogen-bond acceptors (Lipinski definition) is 3. The van der Waals surface area contributed by atoms with Crippen molar-refractivity contribution in [2.24, 2.45) is 0 Å². The van der Waals surface area contributed by atoms with Gasteiger partial charge < -0.3 is 10.0 Å². The van der Waals surface area contributed by atoms with Crippen LogP contribution in [0.2, 0.25) is 0 Å². The Labute approximate surface area is 151 Å². The predicted molar refractivity (Wildman–Crippen MR) is 105 cm³/mol. The summed E-state index contributed by atoms with van der Waals surface area (Å²) in [5.41, 5.74) is 2.61. The molecule has 0 radical (unpaired) electrons. The van der Waals surface area contributed by atoms with Gasteiger partial charge in [-0.1, -0.05) is 48.5 Å². The Bertz CT molecular complexity index is 616. The molecule has 0 bridgehead atoms. The third kappa shape index (κ3) is 5.32. The highest BCUT2D eigenvalue weighted by Gasteiger charge is 2.24. The summed E-state index contributed by atoms with van der Waals surface area (Å²) >= 11 is 0. The molecule has 0 saturated carbocycles. The van der Waals surface area contributed by atoms with Gasteiger partial charge in [-0.3, -0.25) is 4.90 Å². The largest absolute Gasteiger partial charge is 0.392 e. The molecule has 1 N–H and O–H groups in total. The van der Waals surface area contributed by atoms with Gasteiger partial charge in [-0.15, -0.1) is 0 Å². The molecular formula is C22H30N2O. The first-order valence-electron chi connectivity index (χ1n) is 9.44. The van der Waals surface area contributed by atoms with Crippen molar-refractivity contribution in [2.45, 2.75) is 37.8 Å². The Hall–Kier alpha value is -1.84. The zero-order valence-electron chi connectivity index (χ0n) is 15.2. The molecule has 1 aliphatic rings. The Kier molecular flexibility index (Phi) is 6.48. The lowest BCUT2D eigenvalue weighted by molar-refractivity contribution is 0.0926. The summed E-state index contributed by atoms with van der Waals surface area (Å²) in [4.78, 5) is 4.83. The summed E-state index contributed by atoms with van der Waals surface area (Å²) in [6, 6.07) is 21.6. The average Bonchev–Trinajstić information content (AvgIpc) is 2.68. The van der Waals surface area contributed by atoms with Crippen LogP contribution in [0, 0.1) is 0 Å². The molecule has 1 saturated heterocycles. The van der Waals surface area contributed by atoms with Gasteiger partial charge >= 0.3 is 0 Å². The number of aliphatic hydroxyl groups is 1. The lowest BCUT2D eigenvalue weighted by Crippen LogP contribution is -2.48. The fourth-order valence-electron chi connectivity index (χ4n) is 3.74. The van der Waals surface area contributed by atoms with Crippen molar-refractivity contribution in [1.29, 1.82) is 0 Å². The number of anilines is 1. The highest BCUT2D eigenvalue weighted by Crippen LogP contribution is 2.22. The second kappa shape index (κ2) is 9.02. The van der Waals surface area contributed by atoms with Crippen LogP contribution < -0.4 is 4.90 Å². The lowest BCUT2D eigenvalue weighted by atomic mass is 10.0. The molecule has 0 amide bonds. The van der Waals surface area contributed by atoms with E-state index in [4.69, 9.17) is 0 Å². The number of piperidine rings is 1. The second-order valence-electron chi connectivity index (χ2n) is 7.20. The maximum absolute atomic E-state index is 10.4. The molecule has 0 aliphatic carbocycles. The zero-order chi connectivity index (χ0) is 17.5. The van der Waals surface area contributed by atoms with E-state index < -0.39 is 0 Å². The summed E-state index contributed by atoms with van der Waals surface area (Å²) in [6.45, 7) is 2.93. The van der Waals surface area contributed by atoms with Crippen LogP contribution in [0.3, 0.4) is 0 Å². The van der Waals surface area contributed by atoms with Gasteiger partial charge in [0.15, 0.2) is 0 Å². The lowest BCUT2D eigenvalue weighted by Gasteiger charge is -2.39. The minimum Gasteiger partial charge on any atom is -0.392 e. The molecule has 3 rings (SSSR count). The van der Waals surface area contributed by atoms with Crippen molar-refractivity contribution < 1.29 is 5.11 Å². The Balaban J connectivity index is 1.47. The van der Waals surface area contributed by atoms with Crippen molar-refractivity contribution in [1.82, 2.24) is 4.90 Å². The minimum absolute atomic E-state index is 0.266. The van der Waals surface area contributed by atoms with Gasteiger partial charge in [0, 0.05) is 31.4 Å². The van der Waals surface area contributed by atoms with Crippen LogP contribution in [0.4, 0.5) is 5.69 Å². The number of rotatable bonds is 7. The van der Waals surface area contributed by atoms with Crippen LogP contribution in [0.1, 0.15) is 24.8 Å². The number of nitrogens with zero attached hydrogens (tertiary/aromatic N) is 2. The molecule has 1 fully saturated rings. The van der Waals surface area contributed by atoms with Gasteiger partial charge in [0.1, 0.15) is 0 Å². The molecular weight excluding hydrogens is 308 g/mol. The van der Waals surface area contributed by atoms with Crippen molar-refractivity contribution in [3.63, 3.8) is 0 Å². The number of aryl methyl sites for hydroxylation is 1. The van der Waals surface area contributed by atoms with Gasteiger partial charge in [0.2, 0.25) is 0 Å². The molecule has 1 aliphatic heterocycles. The zero-order valence-corrected chi connectivity index (χ0v) is 15.2. The van der Waals surface area contributed by atoms with Gasteiger partial charge in [0.05, 0.1) is 6.10 Å². The molecule has 0 unspecified atom stereocenters. The van der Waals surface area contributed by atoms with E-state index in [2.05, 4.69) is 71.4 Å². The second-order valence-corrected chi connectivity index (χ2v) is 7.20. The van der Waals surface area contributed by atoms with Crippen LogP contribution in [0.15, 0.2) is 60.7 Å². The van der Waals surface area contributed by atoms with Gasteiger partial charge in [0.25, 0.3) is 0 Å². The summed E-state index contributed by atoms with van der Waals surface area (Å²) in [6.07, 6.45) is 3.92. The number of hydrogen-bond donors (Lipinski definition) is 1. The van der Waals surface area contributed by atoms with E-state index >= 15 is 0 Å². The van der Waals surface area contributed by atoms with E-state index in [1.807, 2.05) is 6.07 Å². The topological polar surface area (TPSA) is 26.7 Å². The number of benzene rings is 2. The SMILES string of the molecule is CN(C[C@@H](O)CCc1ccccc1)[C@@H]1CCCN(c2ccccc2)C1. The Morgan fingerprint density at radius 1 is 1.08 bits per heavy atom. The quantitative estimate of drug-likeness (QED) is 0.836. The first-order valence-corrected chi connectivity index (χ1v) is 9.44. The molecule has 2 aromatic rings. The summed E-state index contributed by atoms with van der Waals surface area (Å²) < 4.78 is 0. The molecule has 3 nitrogen and oxygen atoms in total. The maximum Gasteiger partial charge on any atom is 0.0670 e. The smallest absolute Gasteiger partial charge is 0.0670 e. The molecule has 0 aromatic heterocycles. The average molecular weight is 338 g/mol. The monoisotopic (exact) mass is 338 g/mol. The van der Waals surface area contributed by atoms with Crippen molar-refractivity contribution in [3.8, 4) is 0 Å². The third-order valence-corrected chi connectivity index (χ3v) is 5.25. The van der Waals surface area contributed by atoms with Crippen LogP contribution in [0.25, 0.3) is 0 Å². The molecule has 3 heteroatoms. The molecule has 1 heterocycles. The van der Waals surface area contributed by atoms with Crippen LogP contribution in [-0.4, -0.2) is 48.8 Å². The normalized spacial score (nSPS) is 19.2. The van der Waals surface area contributed by atoms with E-state index in [1.165, 1.54) is 24.1 Å². The fraction of sp³-hybridized carbons (Fsp3) is 0.455. The third-order valence-electron chi connectivity index (χ3n) is 5.25. The maximum atomic E-state index is 10.4. The number of aliphatic hydroxyl groups excluding tert-OH is 1. The van der Waals surface area contributed by atoms with Crippen LogP contribution >= 0.6 is 0 Å². The van der Waals surface area contributed by atoms with Gasteiger partial charge in [-0.2, -0.15) is 0 Å². The highest BCUT2D eigenvalue weighted by molar-refractivity contribution is 5.46. The number of para-hydroxylation sites is 1. The van der Waals surface area contributed by atoms with E-state index in [1.54, 1.807) is 0 Å². The molecule has 2 atom stereocenters. The highest BCUT2D eigenvalue weighted by atomic mass is 16.3. The number of likely N-dealkylation sites (N-methyl/N-ethyl adjacent to an activating group) is 1. The van der Waals surface area contributed by atoms with Gasteiger partial charge in [-0.25, -0.2) is 0 Å². The van der Waals surface area contributed by atoms with Crippen molar-refractivity contribution >= 4 is 5.69 Å². The molecule has 0 spiro atoms. The van der Waals surface area contributed by atoms with Gasteiger partial charge in [-0.05, 0) is 50.4 Å². The molecule has 134 valence electrons. The molecule has 25 heavy (non-hydrogen) atoms. The first-order chi connectivity index (χ1) is 12.2. The van der Waals surface area contributed by atoms with E-state index in [0.717, 1.165) is 32.5 Å². The van der Waals surface area contributed by atoms with E-state index in [0.29, 0.717) is 6.04 Å². The van der Waals surface area contributed by atoms with Crippen molar-refractivity contribution in [3.05, 3.63) is 66.2 Å². The summed E-state index contributed by atoms with van der Waals surface area (Å²) in [5.74, 6) is 0. The summed E-state index contributed by atoms with van der Waals surface area (Å²) in [7, 11) is 2.16. The fourth-order valence-corrected chi connectivity index (χ4v) is 3.74. The Morgan fingerprint density at radius 3 is 2.48 bits per heavy atom. The van der Waals surface area contributed by atoms with Crippen LogP contribution in [0.5, 0.6) is 0 Å². The first kappa shape index (κ1) is 18.0. The van der Waals surface area contributed by atoms with E-state index in [9.17, 15) is 5.11 Å². The summed E-state index contributed by atoms with van der Waals surface area (Å²) in [5, 5.41) is 10.4. The minimum atomic E-state index is -0.266. The Morgan fingerprint density at radius 2 is 1.76 bits per heavy atom. The van der Waals surface area contributed by atoms with Crippen molar-refractivity contribution in [2.75, 3.05) is 31.6 Å². The predicted octanol–water partition coefficient (Wildman–Crippen LogP) is 3.58. The standard InChI is InChI=1S/C22H30N2O/c1-23(18-22(25)15-14-19-9-4-2-5-10-19)21-13-8-16-24(17-21)20-11-6-3-7-12-20/h2-7,9-12,21-22,25H,8,13-18H2,1H3/t21-,22+/m1/s1. The van der Waals surface area contributed by atoms with E-state index in [-0.39, 0.29) is 6.10 Å². The van der Waals surface area contributed by atoms with Crippen LogP contribution in [-0.2, 0) is 6.42 Å². The molecule has 2 aromatic carbocycles.